The molecule has 0 spiro atoms. The van der Waals surface area contributed by atoms with Gasteiger partial charge < -0.3 is 0 Å². The molecule has 1 N–H and O–H groups in total. The van der Waals surface area contributed by atoms with E-state index in [9.17, 15) is 13.2 Å². The van der Waals surface area contributed by atoms with E-state index in [1.165, 1.54) is 4.68 Å². The Morgan fingerprint density at radius 2 is 1.96 bits per heavy atom. The van der Waals surface area contributed by atoms with Crippen LogP contribution < -0.4 is 10.3 Å². The lowest BCUT2D eigenvalue weighted by molar-refractivity contribution is 0.541. The number of aryl methyl sites for hydroxylation is 3. The van der Waals surface area contributed by atoms with Crippen molar-refractivity contribution >= 4 is 10.0 Å². The first kappa shape index (κ1) is 17.8. The van der Waals surface area contributed by atoms with Crippen LogP contribution in [0.15, 0.2) is 40.0 Å². The monoisotopic (exact) mass is 361 g/mol. The van der Waals surface area contributed by atoms with Gasteiger partial charge in [-0.2, -0.15) is 5.10 Å². The van der Waals surface area contributed by atoms with Crippen LogP contribution in [0.4, 0.5) is 0 Å². The summed E-state index contributed by atoms with van der Waals surface area (Å²) < 4.78 is 28.6. The van der Waals surface area contributed by atoms with E-state index in [4.69, 9.17) is 0 Å². The van der Waals surface area contributed by atoms with Crippen LogP contribution in [-0.2, 0) is 35.8 Å². The van der Waals surface area contributed by atoms with Gasteiger partial charge in [-0.3, -0.25) is 4.79 Å². The lowest BCUT2D eigenvalue weighted by atomic mass is 10.1. The first-order valence-corrected chi connectivity index (χ1v) is 10.2. The molecule has 0 unspecified atom stereocenters. The molecule has 6 nitrogen and oxygen atoms in total. The van der Waals surface area contributed by atoms with E-state index < -0.39 is 10.0 Å². The summed E-state index contributed by atoms with van der Waals surface area (Å²) in [5.41, 5.74) is 2.92. The number of nitrogens with one attached hydrogen (secondary N) is 1. The number of hydrogen-bond acceptors (Lipinski definition) is 4. The summed E-state index contributed by atoms with van der Waals surface area (Å²) in [5, 5.41) is 4.35. The second kappa shape index (κ2) is 7.49. The van der Waals surface area contributed by atoms with Crippen molar-refractivity contribution in [1.29, 1.82) is 0 Å². The maximum atomic E-state index is 12.3. The average molecular weight is 361 g/mol. The zero-order valence-electron chi connectivity index (χ0n) is 14.4. The second-order valence-electron chi connectivity index (χ2n) is 6.32. The SMILES string of the molecule is CCCc1ccc(S(=O)(=O)NCCn2nc3c(cc2=O)CCC3)cc1. The number of benzene rings is 1. The molecule has 0 atom stereocenters. The Balaban J connectivity index is 1.64. The van der Waals surface area contributed by atoms with Gasteiger partial charge in [-0.15, -0.1) is 0 Å². The lowest BCUT2D eigenvalue weighted by Gasteiger charge is -2.09. The zero-order valence-corrected chi connectivity index (χ0v) is 15.2. The van der Waals surface area contributed by atoms with Crippen LogP contribution in [-0.4, -0.2) is 24.7 Å². The molecular formula is C18H23N3O3S. The van der Waals surface area contributed by atoms with Crippen LogP contribution in [0, 0.1) is 0 Å². The molecule has 0 fully saturated rings. The minimum atomic E-state index is -3.58. The van der Waals surface area contributed by atoms with Gasteiger partial charge in [0.05, 0.1) is 17.1 Å². The lowest BCUT2D eigenvalue weighted by Crippen LogP contribution is -2.32. The largest absolute Gasteiger partial charge is 0.268 e. The van der Waals surface area contributed by atoms with Crippen molar-refractivity contribution in [1.82, 2.24) is 14.5 Å². The van der Waals surface area contributed by atoms with Crippen molar-refractivity contribution in [3.63, 3.8) is 0 Å². The molecule has 2 aromatic rings. The van der Waals surface area contributed by atoms with Gasteiger partial charge >= 0.3 is 0 Å². The third-order valence-corrected chi connectivity index (χ3v) is 5.89. The highest BCUT2D eigenvalue weighted by atomic mass is 32.2. The summed E-state index contributed by atoms with van der Waals surface area (Å²) in [7, 11) is -3.58. The van der Waals surface area contributed by atoms with Crippen molar-refractivity contribution < 1.29 is 8.42 Å². The number of sulfonamides is 1. The highest BCUT2D eigenvalue weighted by molar-refractivity contribution is 7.89. The first-order chi connectivity index (χ1) is 12.0. The van der Waals surface area contributed by atoms with Crippen LogP contribution in [0.2, 0.25) is 0 Å². The minimum Gasteiger partial charge on any atom is -0.268 e. The second-order valence-corrected chi connectivity index (χ2v) is 8.09. The zero-order chi connectivity index (χ0) is 17.9. The third kappa shape index (κ3) is 4.16. The van der Waals surface area contributed by atoms with E-state index in [-0.39, 0.29) is 23.5 Å². The first-order valence-electron chi connectivity index (χ1n) is 8.68. The van der Waals surface area contributed by atoms with E-state index in [1.54, 1.807) is 18.2 Å². The van der Waals surface area contributed by atoms with Crippen LogP contribution in [0.1, 0.15) is 36.6 Å². The average Bonchev–Trinajstić information content (AvgIpc) is 3.03. The fourth-order valence-corrected chi connectivity index (χ4v) is 4.11. The van der Waals surface area contributed by atoms with Gasteiger partial charge in [0, 0.05) is 12.6 Å². The Bertz CT molecular complexity index is 902. The molecular weight excluding hydrogens is 338 g/mol. The fraction of sp³-hybridized carbons (Fsp3) is 0.444. The molecule has 1 aliphatic carbocycles. The molecule has 0 aliphatic heterocycles. The van der Waals surface area contributed by atoms with Gasteiger partial charge in [0.1, 0.15) is 0 Å². The molecule has 1 heterocycles. The van der Waals surface area contributed by atoms with E-state index in [0.29, 0.717) is 0 Å². The van der Waals surface area contributed by atoms with Gasteiger partial charge in [-0.25, -0.2) is 17.8 Å². The Morgan fingerprint density at radius 1 is 1.20 bits per heavy atom. The molecule has 134 valence electrons. The van der Waals surface area contributed by atoms with Gasteiger partial charge in [0.2, 0.25) is 10.0 Å². The van der Waals surface area contributed by atoms with Crippen molar-refractivity contribution in [3.8, 4) is 0 Å². The normalized spacial score (nSPS) is 13.8. The molecule has 0 bridgehead atoms. The third-order valence-electron chi connectivity index (χ3n) is 4.41. The Hall–Kier alpha value is -1.99. The highest BCUT2D eigenvalue weighted by Crippen LogP contribution is 2.17. The Morgan fingerprint density at radius 3 is 2.68 bits per heavy atom. The van der Waals surface area contributed by atoms with E-state index >= 15 is 0 Å². The number of hydrogen-bond donors (Lipinski definition) is 1. The van der Waals surface area contributed by atoms with Gasteiger partial charge in [-0.05, 0) is 48.9 Å². The smallest absolute Gasteiger partial charge is 0.267 e. The highest BCUT2D eigenvalue weighted by Gasteiger charge is 2.16. The maximum absolute atomic E-state index is 12.3. The van der Waals surface area contributed by atoms with Crippen molar-refractivity contribution in [2.24, 2.45) is 0 Å². The molecule has 25 heavy (non-hydrogen) atoms. The standard InChI is InChI=1S/C18H23N3O3S/c1-2-4-14-7-9-16(10-8-14)25(23,24)19-11-12-21-18(22)13-15-5-3-6-17(15)20-21/h7-10,13,19H,2-6,11-12H2,1H3. The molecule has 0 saturated carbocycles. The summed E-state index contributed by atoms with van der Waals surface area (Å²) in [6, 6.07) is 8.53. The Kier molecular flexibility index (Phi) is 5.34. The molecule has 1 aromatic heterocycles. The van der Waals surface area contributed by atoms with Crippen LogP contribution in [0.25, 0.3) is 0 Å². The van der Waals surface area contributed by atoms with Crippen LogP contribution in [0.5, 0.6) is 0 Å². The quantitative estimate of drug-likeness (QED) is 0.813. The van der Waals surface area contributed by atoms with E-state index in [0.717, 1.165) is 48.9 Å². The van der Waals surface area contributed by atoms with Crippen molar-refractivity contribution in [3.05, 3.63) is 57.5 Å². The summed E-state index contributed by atoms with van der Waals surface area (Å²) in [4.78, 5) is 12.3. The summed E-state index contributed by atoms with van der Waals surface area (Å²) in [6.07, 6.45) is 4.75. The molecule has 0 saturated heterocycles. The van der Waals surface area contributed by atoms with E-state index in [2.05, 4.69) is 16.7 Å². The molecule has 1 aromatic carbocycles. The van der Waals surface area contributed by atoms with Crippen LogP contribution >= 0.6 is 0 Å². The fourth-order valence-electron chi connectivity index (χ4n) is 3.09. The predicted molar refractivity (Wildman–Crippen MR) is 96.1 cm³/mol. The molecule has 0 radical (unpaired) electrons. The van der Waals surface area contributed by atoms with Gasteiger partial charge in [-0.1, -0.05) is 25.5 Å². The van der Waals surface area contributed by atoms with Gasteiger partial charge in [0.15, 0.2) is 0 Å². The summed E-state index contributed by atoms with van der Waals surface area (Å²) in [6.45, 7) is 2.44. The summed E-state index contributed by atoms with van der Waals surface area (Å²) >= 11 is 0. The Labute approximate surface area is 147 Å². The number of nitrogens with zero attached hydrogens (tertiary/aromatic N) is 2. The van der Waals surface area contributed by atoms with Gasteiger partial charge in [0.25, 0.3) is 5.56 Å². The van der Waals surface area contributed by atoms with E-state index in [1.807, 2.05) is 12.1 Å². The number of fused-ring (bicyclic) bond motifs is 1. The molecule has 1 aliphatic rings. The van der Waals surface area contributed by atoms with Crippen molar-refractivity contribution in [2.75, 3.05) is 6.54 Å². The van der Waals surface area contributed by atoms with Crippen LogP contribution in [0.3, 0.4) is 0 Å². The minimum absolute atomic E-state index is 0.130. The molecule has 0 amide bonds. The maximum Gasteiger partial charge on any atom is 0.267 e. The number of aromatic nitrogens is 2. The van der Waals surface area contributed by atoms with Crippen molar-refractivity contribution in [2.45, 2.75) is 50.5 Å². The summed E-state index contributed by atoms with van der Waals surface area (Å²) in [5.74, 6) is 0. The molecule has 3 rings (SSSR count). The number of rotatable bonds is 7. The molecule has 7 heteroatoms. The topological polar surface area (TPSA) is 81.1 Å². The predicted octanol–water partition coefficient (Wildman–Crippen LogP) is 1.66.